The SMILES string of the molecule is CCN1CCN(c2c(Br)cnc3c(NC(=O)c4c(Cl)ccnc4Cl)cccc23)C1=O. The number of hydrogen-bond donors (Lipinski definition) is 1. The van der Waals surface area contributed by atoms with Gasteiger partial charge in [0.25, 0.3) is 5.91 Å². The van der Waals surface area contributed by atoms with Crippen molar-refractivity contribution >= 4 is 73.3 Å². The first kappa shape index (κ1) is 20.8. The maximum absolute atomic E-state index is 12.8. The van der Waals surface area contributed by atoms with Crippen LogP contribution in [-0.2, 0) is 0 Å². The number of aromatic nitrogens is 2. The molecule has 7 nitrogen and oxygen atoms in total. The third-order valence-electron chi connectivity index (χ3n) is 4.90. The number of hydrogen-bond acceptors (Lipinski definition) is 4. The predicted octanol–water partition coefficient (Wildman–Crippen LogP) is 5.21. The van der Waals surface area contributed by atoms with Crippen LogP contribution >= 0.6 is 39.1 Å². The number of para-hydroxylation sites is 1. The minimum absolute atomic E-state index is 0.0129. The lowest BCUT2D eigenvalue weighted by Crippen LogP contribution is -2.32. The summed E-state index contributed by atoms with van der Waals surface area (Å²) in [6.45, 7) is 3.81. The van der Waals surface area contributed by atoms with Gasteiger partial charge in [0.05, 0.1) is 32.0 Å². The number of halogens is 3. The summed E-state index contributed by atoms with van der Waals surface area (Å²) in [5.74, 6) is -0.494. The van der Waals surface area contributed by atoms with Crippen LogP contribution in [-0.4, -0.2) is 46.4 Å². The van der Waals surface area contributed by atoms with Gasteiger partial charge in [-0.15, -0.1) is 0 Å². The Hall–Kier alpha value is -2.42. The fraction of sp³-hybridized carbons (Fsp3) is 0.200. The summed E-state index contributed by atoms with van der Waals surface area (Å²) in [6.07, 6.45) is 3.05. The van der Waals surface area contributed by atoms with E-state index in [4.69, 9.17) is 23.2 Å². The minimum atomic E-state index is -0.494. The van der Waals surface area contributed by atoms with Crippen LogP contribution in [0.2, 0.25) is 10.2 Å². The van der Waals surface area contributed by atoms with Crippen LogP contribution < -0.4 is 10.2 Å². The van der Waals surface area contributed by atoms with Crippen molar-refractivity contribution in [1.29, 1.82) is 0 Å². The summed E-state index contributed by atoms with van der Waals surface area (Å²) in [4.78, 5) is 37.5. The second kappa shape index (κ2) is 8.37. The molecule has 0 spiro atoms. The Kier molecular flexibility index (Phi) is 5.81. The van der Waals surface area contributed by atoms with E-state index in [1.807, 2.05) is 13.0 Å². The van der Waals surface area contributed by atoms with Crippen molar-refractivity contribution in [3.05, 3.63) is 56.9 Å². The van der Waals surface area contributed by atoms with Crippen LogP contribution in [0.15, 0.2) is 41.1 Å². The van der Waals surface area contributed by atoms with Gasteiger partial charge in [-0.1, -0.05) is 35.3 Å². The van der Waals surface area contributed by atoms with E-state index in [-0.39, 0.29) is 21.8 Å². The van der Waals surface area contributed by atoms with E-state index in [9.17, 15) is 9.59 Å². The van der Waals surface area contributed by atoms with E-state index in [0.29, 0.717) is 35.3 Å². The average Bonchev–Trinajstić information content (AvgIpc) is 3.08. The van der Waals surface area contributed by atoms with E-state index in [1.54, 1.807) is 28.1 Å². The summed E-state index contributed by atoms with van der Waals surface area (Å²) in [6, 6.07) is 6.82. The molecule has 2 aromatic heterocycles. The Bertz CT molecular complexity index is 1150. The van der Waals surface area contributed by atoms with E-state index in [2.05, 4.69) is 31.2 Å². The molecule has 1 aromatic carbocycles. The number of pyridine rings is 2. The molecule has 0 bridgehead atoms. The highest BCUT2D eigenvalue weighted by Gasteiger charge is 2.31. The fourth-order valence-electron chi connectivity index (χ4n) is 3.44. The van der Waals surface area contributed by atoms with Gasteiger partial charge in [-0.05, 0) is 35.0 Å². The minimum Gasteiger partial charge on any atom is -0.323 e. The molecule has 1 saturated heterocycles. The zero-order chi connectivity index (χ0) is 21.4. The van der Waals surface area contributed by atoms with Crippen LogP contribution in [0.4, 0.5) is 16.2 Å². The Morgan fingerprint density at radius 3 is 2.73 bits per heavy atom. The van der Waals surface area contributed by atoms with Crippen LogP contribution in [0.25, 0.3) is 10.9 Å². The molecule has 0 aliphatic carbocycles. The summed E-state index contributed by atoms with van der Waals surface area (Å²) >= 11 is 15.7. The standard InChI is InChI=1S/C20H16BrCl2N5O2/c1-2-27-8-9-28(20(27)30)17-11-4-3-5-14(16(11)25-10-12(17)21)26-19(29)15-13(22)6-7-24-18(15)23/h3-7,10H,2,8-9H2,1H3,(H,26,29). The predicted molar refractivity (Wildman–Crippen MR) is 122 cm³/mol. The number of rotatable bonds is 4. The molecule has 1 aliphatic rings. The maximum Gasteiger partial charge on any atom is 0.324 e. The van der Waals surface area contributed by atoms with E-state index >= 15 is 0 Å². The first-order chi connectivity index (χ1) is 14.4. The van der Waals surface area contributed by atoms with Crippen molar-refractivity contribution in [3.8, 4) is 0 Å². The van der Waals surface area contributed by atoms with Gasteiger partial charge in [0.15, 0.2) is 0 Å². The van der Waals surface area contributed by atoms with Gasteiger partial charge in [0.1, 0.15) is 5.15 Å². The molecule has 3 aromatic rings. The van der Waals surface area contributed by atoms with Gasteiger partial charge < -0.3 is 10.2 Å². The first-order valence-corrected chi connectivity index (χ1v) is 10.7. The molecule has 0 saturated carbocycles. The van der Waals surface area contributed by atoms with Crippen molar-refractivity contribution in [3.63, 3.8) is 0 Å². The van der Waals surface area contributed by atoms with Gasteiger partial charge >= 0.3 is 6.03 Å². The van der Waals surface area contributed by atoms with Gasteiger partial charge in [-0.3, -0.25) is 14.7 Å². The van der Waals surface area contributed by atoms with Gasteiger partial charge in [-0.25, -0.2) is 9.78 Å². The molecular weight excluding hydrogens is 493 g/mol. The average molecular weight is 509 g/mol. The maximum atomic E-state index is 12.8. The van der Waals surface area contributed by atoms with Gasteiger partial charge in [0.2, 0.25) is 0 Å². The molecule has 30 heavy (non-hydrogen) atoms. The quantitative estimate of drug-likeness (QED) is 0.490. The summed E-state index contributed by atoms with van der Waals surface area (Å²) in [7, 11) is 0. The summed E-state index contributed by atoms with van der Waals surface area (Å²) in [5.41, 5.74) is 1.82. The highest BCUT2D eigenvalue weighted by Crippen LogP contribution is 2.38. The number of amides is 3. The molecule has 154 valence electrons. The Labute approximate surface area is 191 Å². The number of urea groups is 1. The van der Waals surface area contributed by atoms with Crippen LogP contribution in [0.1, 0.15) is 17.3 Å². The Morgan fingerprint density at radius 1 is 1.23 bits per heavy atom. The van der Waals surface area contributed by atoms with Crippen molar-refractivity contribution in [1.82, 2.24) is 14.9 Å². The zero-order valence-corrected chi connectivity index (χ0v) is 18.9. The lowest BCUT2D eigenvalue weighted by atomic mass is 10.1. The number of nitrogens with one attached hydrogen (secondary N) is 1. The smallest absolute Gasteiger partial charge is 0.323 e. The van der Waals surface area contributed by atoms with Crippen LogP contribution in [0.5, 0.6) is 0 Å². The molecule has 1 N–H and O–H groups in total. The van der Waals surface area contributed by atoms with Crippen molar-refractivity contribution in [2.24, 2.45) is 0 Å². The number of fused-ring (bicyclic) bond motifs is 1. The third-order valence-corrected chi connectivity index (χ3v) is 6.08. The van der Waals surface area contributed by atoms with Crippen LogP contribution in [0.3, 0.4) is 0 Å². The molecule has 0 atom stereocenters. The zero-order valence-electron chi connectivity index (χ0n) is 15.8. The molecule has 0 radical (unpaired) electrons. The van der Waals surface area contributed by atoms with Crippen LogP contribution in [0, 0.1) is 0 Å². The summed E-state index contributed by atoms with van der Waals surface area (Å²) in [5, 5.41) is 3.76. The monoisotopic (exact) mass is 507 g/mol. The van der Waals surface area contributed by atoms with Crippen molar-refractivity contribution in [2.45, 2.75) is 6.92 Å². The number of benzene rings is 1. The lowest BCUT2D eigenvalue weighted by molar-refractivity contribution is 0.102. The second-order valence-electron chi connectivity index (χ2n) is 6.58. The summed E-state index contributed by atoms with van der Waals surface area (Å²) < 4.78 is 0.697. The fourth-order valence-corrected chi connectivity index (χ4v) is 4.50. The Morgan fingerprint density at radius 2 is 2.03 bits per heavy atom. The number of carbonyl (C=O) groups is 2. The molecule has 3 amide bonds. The highest BCUT2D eigenvalue weighted by molar-refractivity contribution is 9.10. The first-order valence-electron chi connectivity index (χ1n) is 9.17. The lowest BCUT2D eigenvalue weighted by Gasteiger charge is -2.21. The van der Waals surface area contributed by atoms with E-state index in [1.165, 1.54) is 12.3 Å². The number of nitrogens with zero attached hydrogens (tertiary/aromatic N) is 4. The third kappa shape index (κ3) is 3.59. The molecule has 1 fully saturated rings. The molecule has 4 rings (SSSR count). The van der Waals surface area contributed by atoms with Crippen molar-refractivity contribution in [2.75, 3.05) is 29.9 Å². The van der Waals surface area contributed by atoms with Gasteiger partial charge in [0, 0.05) is 37.4 Å². The number of carbonyl (C=O) groups excluding carboxylic acids is 2. The molecule has 0 unspecified atom stereocenters. The number of anilines is 2. The highest BCUT2D eigenvalue weighted by atomic mass is 79.9. The van der Waals surface area contributed by atoms with Gasteiger partial charge in [-0.2, -0.15) is 0 Å². The number of likely N-dealkylation sites (N-methyl/N-ethyl adjacent to an activating group) is 1. The molecule has 1 aliphatic heterocycles. The molecule has 3 heterocycles. The molecular formula is C20H16BrCl2N5O2. The largest absolute Gasteiger partial charge is 0.324 e. The normalized spacial score (nSPS) is 13.9. The Balaban J connectivity index is 1.77. The topological polar surface area (TPSA) is 78.4 Å². The van der Waals surface area contributed by atoms with E-state index < -0.39 is 5.91 Å². The molecule has 10 heteroatoms. The van der Waals surface area contributed by atoms with E-state index in [0.717, 1.165) is 11.1 Å². The van der Waals surface area contributed by atoms with Crippen molar-refractivity contribution < 1.29 is 9.59 Å². The second-order valence-corrected chi connectivity index (χ2v) is 8.20.